The maximum atomic E-state index is 13.0. The molecule has 2 aromatic carbocycles. The Morgan fingerprint density at radius 3 is 2.55 bits per heavy atom. The average Bonchev–Trinajstić information content (AvgIpc) is 3.42. The lowest BCUT2D eigenvalue weighted by atomic mass is 10.0. The summed E-state index contributed by atoms with van der Waals surface area (Å²) in [7, 11) is 3.01. The first kappa shape index (κ1) is 20.4. The zero-order chi connectivity index (χ0) is 22.1. The lowest BCUT2D eigenvalue weighted by molar-refractivity contribution is -0.112. The summed E-state index contributed by atoms with van der Waals surface area (Å²) in [4.78, 5) is 37.8. The molecule has 0 fully saturated rings. The number of ketones is 1. The van der Waals surface area contributed by atoms with Crippen LogP contribution in [-0.4, -0.2) is 29.3 Å². The second kappa shape index (κ2) is 8.12. The minimum atomic E-state index is -0.881. The quantitative estimate of drug-likeness (QED) is 0.278. The number of hydrogen-bond donors (Lipinski definition) is 1. The van der Waals surface area contributed by atoms with Gasteiger partial charge in [-0.3, -0.25) is 9.59 Å². The van der Waals surface area contributed by atoms with Crippen molar-refractivity contribution in [1.29, 1.82) is 0 Å². The van der Waals surface area contributed by atoms with Gasteiger partial charge >= 0.3 is 5.97 Å². The Kier molecular flexibility index (Phi) is 5.35. The van der Waals surface area contributed by atoms with E-state index in [1.807, 2.05) is 24.3 Å². The predicted molar refractivity (Wildman–Crippen MR) is 116 cm³/mol. The first-order valence-electron chi connectivity index (χ1n) is 9.24. The fourth-order valence-corrected chi connectivity index (χ4v) is 3.56. The Labute approximate surface area is 182 Å². The maximum Gasteiger partial charge on any atom is 0.340 e. The number of rotatable bonds is 5. The van der Waals surface area contributed by atoms with Gasteiger partial charge in [-0.15, -0.1) is 0 Å². The summed E-state index contributed by atoms with van der Waals surface area (Å²) >= 11 is 5.94. The number of aryl methyl sites for hydroxylation is 1. The number of amides is 1. The van der Waals surface area contributed by atoms with Crippen molar-refractivity contribution in [3.63, 3.8) is 0 Å². The van der Waals surface area contributed by atoms with Crippen LogP contribution >= 0.6 is 11.6 Å². The summed E-state index contributed by atoms with van der Waals surface area (Å²) in [5.41, 5.74) is 2.94. The highest BCUT2D eigenvalue weighted by molar-refractivity contribution is 6.48. The first-order chi connectivity index (χ1) is 14.9. The molecule has 0 radical (unpaired) electrons. The Hall–Kier alpha value is -3.84. The largest absolute Gasteiger partial charge is 0.472 e. The van der Waals surface area contributed by atoms with Gasteiger partial charge in [-0.25, -0.2) is 4.79 Å². The molecule has 0 aliphatic heterocycles. The number of nitrogens with one attached hydrogen (secondary N) is 1. The lowest BCUT2D eigenvalue weighted by Crippen LogP contribution is -2.24. The van der Waals surface area contributed by atoms with Crippen LogP contribution in [-0.2, 0) is 16.6 Å². The molecule has 31 heavy (non-hydrogen) atoms. The summed E-state index contributed by atoms with van der Waals surface area (Å²) < 4.78 is 11.6. The second-order valence-corrected chi connectivity index (χ2v) is 7.30. The minimum Gasteiger partial charge on any atom is -0.472 e. The second-order valence-electron chi connectivity index (χ2n) is 6.86. The standard InChI is InChI=1S/C23H17ClN2O5/c1-26-11-18(16-9-13(3-6-20(16)26)14-7-8-31-12-14)21(27)22(28)25-19-5-4-15(24)10-17(19)23(29)30-2/h3-12H,1-2H3,(H,25,28). The minimum absolute atomic E-state index is 0.0521. The van der Waals surface area contributed by atoms with Gasteiger partial charge in [-0.1, -0.05) is 17.7 Å². The monoisotopic (exact) mass is 436 g/mol. The van der Waals surface area contributed by atoms with Crippen molar-refractivity contribution < 1.29 is 23.5 Å². The molecule has 8 heteroatoms. The molecule has 0 spiro atoms. The molecule has 1 N–H and O–H groups in total. The number of methoxy groups -OCH3 is 1. The highest BCUT2D eigenvalue weighted by Crippen LogP contribution is 2.29. The van der Waals surface area contributed by atoms with E-state index >= 15 is 0 Å². The molecule has 4 aromatic rings. The van der Waals surface area contributed by atoms with E-state index in [2.05, 4.69) is 5.32 Å². The number of furan rings is 1. The molecule has 0 aliphatic carbocycles. The van der Waals surface area contributed by atoms with Crippen LogP contribution in [0.4, 0.5) is 5.69 Å². The van der Waals surface area contributed by atoms with E-state index in [0.29, 0.717) is 10.4 Å². The van der Waals surface area contributed by atoms with Crippen LogP contribution in [0.1, 0.15) is 20.7 Å². The third-order valence-electron chi connectivity index (χ3n) is 4.93. The van der Waals surface area contributed by atoms with Gasteiger partial charge in [-0.05, 0) is 42.0 Å². The molecule has 0 unspecified atom stereocenters. The number of halogens is 1. The van der Waals surface area contributed by atoms with E-state index in [9.17, 15) is 14.4 Å². The van der Waals surface area contributed by atoms with Gasteiger partial charge in [-0.2, -0.15) is 0 Å². The molecule has 0 saturated heterocycles. The highest BCUT2D eigenvalue weighted by atomic mass is 35.5. The summed E-state index contributed by atoms with van der Waals surface area (Å²) in [6.07, 6.45) is 4.77. The van der Waals surface area contributed by atoms with Gasteiger partial charge in [0, 0.05) is 34.7 Å². The molecule has 2 heterocycles. The van der Waals surface area contributed by atoms with Gasteiger partial charge < -0.3 is 19.0 Å². The van der Waals surface area contributed by atoms with E-state index < -0.39 is 17.7 Å². The fraction of sp³-hybridized carbons (Fsp3) is 0.0870. The number of Topliss-reactive ketones (excluding diaryl/α,β-unsaturated/α-hetero) is 1. The molecule has 0 bridgehead atoms. The normalized spacial score (nSPS) is 10.8. The number of carbonyl (C=O) groups excluding carboxylic acids is 3. The summed E-state index contributed by atoms with van der Waals surface area (Å²) in [6.45, 7) is 0. The van der Waals surface area contributed by atoms with E-state index in [1.165, 1.54) is 25.3 Å². The smallest absolute Gasteiger partial charge is 0.340 e. The fourth-order valence-electron chi connectivity index (χ4n) is 3.39. The molecule has 1 amide bonds. The molecule has 7 nitrogen and oxygen atoms in total. The van der Waals surface area contributed by atoms with Crippen LogP contribution in [0.15, 0.2) is 65.6 Å². The zero-order valence-electron chi connectivity index (χ0n) is 16.6. The molecular formula is C23H17ClN2O5. The van der Waals surface area contributed by atoms with E-state index in [-0.39, 0.29) is 16.8 Å². The maximum absolute atomic E-state index is 13.0. The average molecular weight is 437 g/mol. The van der Waals surface area contributed by atoms with Crippen molar-refractivity contribution >= 4 is 45.9 Å². The van der Waals surface area contributed by atoms with Crippen molar-refractivity contribution in [2.45, 2.75) is 0 Å². The Morgan fingerprint density at radius 1 is 1.03 bits per heavy atom. The number of esters is 1. The van der Waals surface area contributed by atoms with Gasteiger partial charge in [0.25, 0.3) is 11.7 Å². The molecule has 4 rings (SSSR count). The lowest BCUT2D eigenvalue weighted by Gasteiger charge is -2.09. The van der Waals surface area contributed by atoms with Crippen LogP contribution in [0, 0.1) is 0 Å². The molecule has 156 valence electrons. The van der Waals surface area contributed by atoms with E-state index in [0.717, 1.165) is 16.6 Å². The van der Waals surface area contributed by atoms with Crippen LogP contribution in [0.3, 0.4) is 0 Å². The number of hydrogen-bond acceptors (Lipinski definition) is 5. The predicted octanol–water partition coefficient (Wildman–Crippen LogP) is 4.70. The van der Waals surface area contributed by atoms with E-state index in [4.69, 9.17) is 20.8 Å². The topological polar surface area (TPSA) is 90.5 Å². The molecular weight excluding hydrogens is 420 g/mol. The van der Waals surface area contributed by atoms with E-state index in [1.54, 1.807) is 30.3 Å². The molecule has 0 atom stereocenters. The number of benzene rings is 2. The highest BCUT2D eigenvalue weighted by Gasteiger charge is 2.23. The first-order valence-corrected chi connectivity index (χ1v) is 9.62. The third kappa shape index (κ3) is 3.83. The van der Waals surface area contributed by atoms with Gasteiger partial charge in [0.2, 0.25) is 0 Å². The van der Waals surface area contributed by atoms with Crippen molar-refractivity contribution in [2.75, 3.05) is 12.4 Å². The number of fused-ring (bicyclic) bond motifs is 1. The van der Waals surface area contributed by atoms with Gasteiger partial charge in [0.1, 0.15) is 0 Å². The van der Waals surface area contributed by atoms with Crippen molar-refractivity contribution in [2.24, 2.45) is 7.05 Å². The Morgan fingerprint density at radius 2 is 1.84 bits per heavy atom. The molecule has 0 aliphatic rings. The van der Waals surface area contributed by atoms with Crippen LogP contribution < -0.4 is 5.32 Å². The van der Waals surface area contributed by atoms with Gasteiger partial charge in [0.15, 0.2) is 0 Å². The SMILES string of the molecule is COC(=O)c1cc(Cl)ccc1NC(=O)C(=O)c1cn(C)c2ccc(-c3ccoc3)cc12. The number of ether oxygens (including phenoxy) is 1. The summed E-state index contributed by atoms with van der Waals surface area (Å²) in [5, 5.41) is 3.42. The van der Waals surface area contributed by atoms with Crippen LogP contribution in [0.25, 0.3) is 22.0 Å². The van der Waals surface area contributed by atoms with Crippen LogP contribution in [0.2, 0.25) is 5.02 Å². The number of nitrogens with zero attached hydrogens (tertiary/aromatic N) is 1. The summed E-state index contributed by atoms with van der Waals surface area (Å²) in [5.74, 6) is -2.30. The van der Waals surface area contributed by atoms with Crippen molar-refractivity contribution in [3.8, 4) is 11.1 Å². The number of anilines is 1. The molecule has 0 saturated carbocycles. The number of carbonyl (C=O) groups is 3. The molecule has 2 aromatic heterocycles. The van der Waals surface area contributed by atoms with Crippen molar-refractivity contribution in [1.82, 2.24) is 4.57 Å². The summed E-state index contributed by atoms with van der Waals surface area (Å²) in [6, 6.07) is 11.8. The van der Waals surface area contributed by atoms with Gasteiger partial charge in [0.05, 0.1) is 36.5 Å². The van der Waals surface area contributed by atoms with Crippen LogP contribution in [0.5, 0.6) is 0 Å². The number of aromatic nitrogens is 1. The zero-order valence-corrected chi connectivity index (χ0v) is 17.4. The Balaban J connectivity index is 1.69. The Bertz CT molecular complexity index is 1320. The van der Waals surface area contributed by atoms with Crippen molar-refractivity contribution in [3.05, 3.63) is 77.3 Å². The third-order valence-corrected chi connectivity index (χ3v) is 5.17.